The largest absolute Gasteiger partial charge is 0.480 e. The molecule has 0 aliphatic rings. The molecule has 0 radical (unpaired) electrons. The van der Waals surface area contributed by atoms with Crippen LogP contribution in [0, 0.1) is 0 Å². The Morgan fingerprint density at radius 1 is 1.12 bits per heavy atom. The van der Waals surface area contributed by atoms with Gasteiger partial charge in [-0.2, -0.15) is 0 Å². The average molecular weight is 233 g/mol. The number of ether oxygens (including phenoxy) is 1. The quantitative estimate of drug-likeness (QED) is 0.711. The summed E-state index contributed by atoms with van der Waals surface area (Å²) >= 11 is 0. The summed E-state index contributed by atoms with van der Waals surface area (Å²) in [6.45, 7) is 4.04. The number of aliphatic carboxylic acids is 2. The van der Waals surface area contributed by atoms with Gasteiger partial charge in [0.1, 0.15) is 12.1 Å². The highest BCUT2D eigenvalue weighted by molar-refractivity contribution is 5.84. The van der Waals surface area contributed by atoms with Crippen LogP contribution in [-0.4, -0.2) is 51.8 Å². The van der Waals surface area contributed by atoms with E-state index in [1.807, 2.05) is 0 Å². The molecule has 92 valence electrons. The standard InChI is InChI=1S/C9H15NO6/c1-4-16-9(15)10(5(2)7(11)12)6(3)8(13)14/h5-6H,4H2,1-3H3,(H,11,12)(H,13,14)/t5-,6-/m0/s1. The predicted molar refractivity (Wildman–Crippen MR) is 53.1 cm³/mol. The van der Waals surface area contributed by atoms with E-state index in [9.17, 15) is 14.4 Å². The minimum atomic E-state index is -1.29. The number of carbonyl (C=O) groups is 3. The van der Waals surface area contributed by atoms with E-state index in [0.717, 1.165) is 0 Å². The third-order valence-electron chi connectivity index (χ3n) is 2.03. The van der Waals surface area contributed by atoms with Gasteiger partial charge in [0.25, 0.3) is 0 Å². The Labute approximate surface area is 92.6 Å². The van der Waals surface area contributed by atoms with E-state index in [0.29, 0.717) is 4.90 Å². The van der Waals surface area contributed by atoms with E-state index in [4.69, 9.17) is 10.2 Å². The Morgan fingerprint density at radius 2 is 1.50 bits per heavy atom. The van der Waals surface area contributed by atoms with Gasteiger partial charge in [0.05, 0.1) is 6.61 Å². The lowest BCUT2D eigenvalue weighted by Gasteiger charge is -2.28. The molecule has 0 rings (SSSR count). The third-order valence-corrected chi connectivity index (χ3v) is 2.03. The second kappa shape index (κ2) is 5.94. The first-order valence-electron chi connectivity index (χ1n) is 4.73. The first-order chi connectivity index (χ1) is 7.32. The fourth-order valence-corrected chi connectivity index (χ4v) is 1.09. The number of carboxylic acids is 2. The Hall–Kier alpha value is -1.79. The normalized spacial score (nSPS) is 13.7. The molecule has 0 saturated carbocycles. The van der Waals surface area contributed by atoms with Crippen molar-refractivity contribution in [1.82, 2.24) is 4.90 Å². The van der Waals surface area contributed by atoms with Gasteiger partial charge < -0.3 is 14.9 Å². The Bertz CT molecular complexity index is 270. The van der Waals surface area contributed by atoms with Crippen LogP contribution < -0.4 is 0 Å². The van der Waals surface area contributed by atoms with E-state index in [-0.39, 0.29) is 6.61 Å². The molecule has 0 saturated heterocycles. The van der Waals surface area contributed by atoms with Crippen molar-refractivity contribution >= 4 is 18.0 Å². The number of carboxylic acid groups (broad SMARTS) is 2. The van der Waals surface area contributed by atoms with E-state index in [2.05, 4.69) is 4.74 Å². The molecule has 0 aromatic rings. The molecule has 0 aromatic carbocycles. The zero-order valence-corrected chi connectivity index (χ0v) is 9.34. The molecule has 0 heterocycles. The van der Waals surface area contributed by atoms with Gasteiger partial charge in [-0.3, -0.25) is 4.90 Å². The summed E-state index contributed by atoms with van der Waals surface area (Å²) < 4.78 is 4.61. The summed E-state index contributed by atoms with van der Waals surface area (Å²) in [5.74, 6) is -2.58. The Morgan fingerprint density at radius 3 is 1.75 bits per heavy atom. The van der Waals surface area contributed by atoms with Gasteiger partial charge in [-0.05, 0) is 20.8 Å². The summed E-state index contributed by atoms with van der Waals surface area (Å²) in [5, 5.41) is 17.5. The number of hydrogen-bond donors (Lipinski definition) is 2. The van der Waals surface area contributed by atoms with Crippen molar-refractivity contribution in [3.05, 3.63) is 0 Å². The molecule has 16 heavy (non-hydrogen) atoms. The van der Waals surface area contributed by atoms with Crippen LogP contribution in [0.3, 0.4) is 0 Å². The summed E-state index contributed by atoms with van der Waals surface area (Å²) in [7, 11) is 0. The van der Waals surface area contributed by atoms with Crippen molar-refractivity contribution in [2.75, 3.05) is 6.61 Å². The molecule has 2 N–H and O–H groups in total. The van der Waals surface area contributed by atoms with Gasteiger partial charge in [0, 0.05) is 0 Å². The summed E-state index contributed by atoms with van der Waals surface area (Å²) in [5.41, 5.74) is 0. The first kappa shape index (κ1) is 14.2. The van der Waals surface area contributed by atoms with E-state index in [1.54, 1.807) is 6.92 Å². The number of nitrogens with zero attached hydrogens (tertiary/aromatic N) is 1. The third kappa shape index (κ3) is 3.41. The van der Waals surface area contributed by atoms with Crippen LogP contribution >= 0.6 is 0 Å². The molecule has 2 atom stereocenters. The second-order valence-electron chi connectivity index (χ2n) is 3.13. The molecular formula is C9H15NO6. The molecule has 0 spiro atoms. The first-order valence-corrected chi connectivity index (χ1v) is 4.73. The Balaban J connectivity index is 4.96. The molecule has 0 aliphatic carbocycles. The fraction of sp³-hybridized carbons (Fsp3) is 0.667. The van der Waals surface area contributed by atoms with Crippen LogP contribution in [0.5, 0.6) is 0 Å². The van der Waals surface area contributed by atoms with Gasteiger partial charge >= 0.3 is 18.0 Å². The summed E-state index contributed by atoms with van der Waals surface area (Å²) in [6, 6.07) is -2.52. The van der Waals surface area contributed by atoms with Gasteiger partial charge in [-0.1, -0.05) is 0 Å². The van der Waals surface area contributed by atoms with Crippen molar-refractivity contribution < 1.29 is 29.3 Å². The van der Waals surface area contributed by atoms with Gasteiger partial charge in [0.2, 0.25) is 0 Å². The molecule has 0 bridgehead atoms. The highest BCUT2D eigenvalue weighted by Crippen LogP contribution is 2.09. The number of amides is 1. The van der Waals surface area contributed by atoms with Crippen LogP contribution in [0.2, 0.25) is 0 Å². The Kier molecular flexibility index (Phi) is 5.27. The predicted octanol–water partition coefficient (Wildman–Crippen LogP) is 0.391. The number of rotatable bonds is 5. The van der Waals surface area contributed by atoms with Crippen molar-refractivity contribution in [2.45, 2.75) is 32.9 Å². The zero-order valence-electron chi connectivity index (χ0n) is 9.34. The van der Waals surface area contributed by atoms with Gasteiger partial charge in [0.15, 0.2) is 0 Å². The van der Waals surface area contributed by atoms with E-state index < -0.39 is 30.1 Å². The SMILES string of the molecule is CCOC(=O)N([C@@H](C)C(=O)O)[C@@H](C)C(=O)O. The lowest BCUT2D eigenvalue weighted by molar-refractivity contribution is -0.148. The van der Waals surface area contributed by atoms with Gasteiger partial charge in [-0.25, -0.2) is 14.4 Å². The minimum absolute atomic E-state index is 0.0496. The van der Waals surface area contributed by atoms with Crippen molar-refractivity contribution in [1.29, 1.82) is 0 Å². The molecule has 0 fully saturated rings. The average Bonchev–Trinajstić information content (AvgIpc) is 2.17. The molecule has 7 heteroatoms. The molecule has 7 nitrogen and oxygen atoms in total. The minimum Gasteiger partial charge on any atom is -0.480 e. The van der Waals surface area contributed by atoms with Crippen LogP contribution in [0.4, 0.5) is 4.79 Å². The van der Waals surface area contributed by atoms with Crippen molar-refractivity contribution in [3.8, 4) is 0 Å². The van der Waals surface area contributed by atoms with Crippen LogP contribution in [-0.2, 0) is 14.3 Å². The number of hydrogen-bond acceptors (Lipinski definition) is 4. The fourth-order valence-electron chi connectivity index (χ4n) is 1.09. The lowest BCUT2D eigenvalue weighted by atomic mass is 10.2. The zero-order chi connectivity index (χ0) is 12.9. The maximum Gasteiger partial charge on any atom is 0.411 e. The van der Waals surface area contributed by atoms with Gasteiger partial charge in [-0.15, -0.1) is 0 Å². The smallest absolute Gasteiger partial charge is 0.411 e. The molecule has 0 unspecified atom stereocenters. The van der Waals surface area contributed by atoms with Crippen LogP contribution in [0.25, 0.3) is 0 Å². The van der Waals surface area contributed by atoms with E-state index in [1.165, 1.54) is 13.8 Å². The highest BCUT2D eigenvalue weighted by atomic mass is 16.6. The second-order valence-corrected chi connectivity index (χ2v) is 3.13. The highest BCUT2D eigenvalue weighted by Gasteiger charge is 2.34. The maximum absolute atomic E-state index is 11.4. The number of carbonyl (C=O) groups excluding carboxylic acids is 1. The topological polar surface area (TPSA) is 104 Å². The molecule has 0 aliphatic heterocycles. The monoisotopic (exact) mass is 233 g/mol. The molecule has 1 amide bonds. The maximum atomic E-state index is 11.4. The lowest BCUT2D eigenvalue weighted by Crippen LogP contribution is -2.51. The summed E-state index contributed by atoms with van der Waals surface area (Å²) in [6.07, 6.45) is -0.952. The van der Waals surface area contributed by atoms with Crippen molar-refractivity contribution in [3.63, 3.8) is 0 Å². The van der Waals surface area contributed by atoms with Crippen LogP contribution in [0.1, 0.15) is 20.8 Å². The summed E-state index contributed by atoms with van der Waals surface area (Å²) in [4.78, 5) is 33.6. The van der Waals surface area contributed by atoms with Crippen molar-refractivity contribution in [2.24, 2.45) is 0 Å². The molecular weight excluding hydrogens is 218 g/mol. The molecule has 0 aromatic heterocycles. The van der Waals surface area contributed by atoms with Crippen LogP contribution in [0.15, 0.2) is 0 Å². The van der Waals surface area contributed by atoms with E-state index >= 15 is 0 Å².